The van der Waals surface area contributed by atoms with Gasteiger partial charge in [-0.15, -0.1) is 10.2 Å². The molecule has 0 aliphatic carbocycles. The summed E-state index contributed by atoms with van der Waals surface area (Å²) in [5.41, 5.74) is 10.8. The van der Waals surface area contributed by atoms with Gasteiger partial charge in [-0.3, -0.25) is 9.69 Å². The summed E-state index contributed by atoms with van der Waals surface area (Å²) >= 11 is 1.35. The SMILES string of the molecule is NC(=O)C1CCCN1Cc1nnc(N)s1. The van der Waals surface area contributed by atoms with Crippen LogP contribution in [0.4, 0.5) is 5.13 Å². The van der Waals surface area contributed by atoms with E-state index in [1.54, 1.807) is 0 Å². The van der Waals surface area contributed by atoms with E-state index in [0.29, 0.717) is 11.7 Å². The number of rotatable bonds is 3. The molecule has 1 unspecified atom stereocenters. The van der Waals surface area contributed by atoms with Crippen LogP contribution in [0.5, 0.6) is 0 Å². The number of primary amides is 1. The summed E-state index contributed by atoms with van der Waals surface area (Å²) in [5, 5.41) is 8.95. The van der Waals surface area contributed by atoms with Crippen molar-refractivity contribution in [1.82, 2.24) is 15.1 Å². The summed E-state index contributed by atoms with van der Waals surface area (Å²) in [6.45, 7) is 1.50. The summed E-state index contributed by atoms with van der Waals surface area (Å²) < 4.78 is 0. The van der Waals surface area contributed by atoms with Crippen LogP contribution in [0, 0.1) is 0 Å². The fourth-order valence-electron chi connectivity index (χ4n) is 1.84. The lowest BCUT2D eigenvalue weighted by Gasteiger charge is -2.19. The largest absolute Gasteiger partial charge is 0.374 e. The van der Waals surface area contributed by atoms with E-state index in [0.717, 1.165) is 24.4 Å². The second-order valence-corrected chi connectivity index (χ2v) is 4.66. The first-order valence-electron chi connectivity index (χ1n) is 4.78. The number of amides is 1. The predicted molar refractivity (Wildman–Crippen MR) is 56.9 cm³/mol. The molecule has 1 atom stereocenters. The summed E-state index contributed by atoms with van der Waals surface area (Å²) in [6.07, 6.45) is 1.84. The monoisotopic (exact) mass is 227 g/mol. The van der Waals surface area contributed by atoms with Gasteiger partial charge < -0.3 is 11.5 Å². The molecular weight excluding hydrogens is 214 g/mol. The van der Waals surface area contributed by atoms with Crippen LogP contribution < -0.4 is 11.5 Å². The lowest BCUT2D eigenvalue weighted by molar-refractivity contribution is -0.122. The molecule has 0 bridgehead atoms. The molecule has 1 aromatic rings. The maximum Gasteiger partial charge on any atom is 0.234 e. The third-order valence-corrected chi connectivity index (χ3v) is 3.25. The lowest BCUT2D eigenvalue weighted by Crippen LogP contribution is -2.39. The molecule has 1 aliphatic rings. The fourth-order valence-corrected chi connectivity index (χ4v) is 2.48. The first kappa shape index (κ1) is 10.3. The average Bonchev–Trinajstić information content (AvgIpc) is 2.75. The summed E-state index contributed by atoms with van der Waals surface area (Å²) in [4.78, 5) is 13.2. The molecule has 2 rings (SSSR count). The molecular formula is C8H13N5OS. The zero-order chi connectivity index (χ0) is 10.8. The van der Waals surface area contributed by atoms with Crippen molar-refractivity contribution >= 4 is 22.4 Å². The molecule has 0 saturated carbocycles. The molecule has 1 aromatic heterocycles. The number of hydrogen-bond donors (Lipinski definition) is 2. The Kier molecular flexibility index (Phi) is 2.83. The molecule has 7 heteroatoms. The Labute approximate surface area is 91.3 Å². The number of likely N-dealkylation sites (tertiary alicyclic amines) is 1. The normalized spacial score (nSPS) is 22.0. The Hall–Kier alpha value is -1.21. The zero-order valence-electron chi connectivity index (χ0n) is 8.22. The van der Waals surface area contributed by atoms with E-state index in [-0.39, 0.29) is 11.9 Å². The molecule has 1 amide bonds. The van der Waals surface area contributed by atoms with E-state index in [2.05, 4.69) is 10.2 Å². The van der Waals surface area contributed by atoms with Crippen molar-refractivity contribution in [2.24, 2.45) is 5.73 Å². The van der Waals surface area contributed by atoms with Crippen molar-refractivity contribution < 1.29 is 4.79 Å². The van der Waals surface area contributed by atoms with Crippen molar-refractivity contribution in [3.63, 3.8) is 0 Å². The van der Waals surface area contributed by atoms with Gasteiger partial charge in [-0.05, 0) is 19.4 Å². The van der Waals surface area contributed by atoms with Gasteiger partial charge >= 0.3 is 0 Å². The van der Waals surface area contributed by atoms with Gasteiger partial charge in [0.15, 0.2) is 0 Å². The smallest absolute Gasteiger partial charge is 0.234 e. The van der Waals surface area contributed by atoms with Gasteiger partial charge in [0.1, 0.15) is 5.01 Å². The number of anilines is 1. The molecule has 0 radical (unpaired) electrons. The molecule has 1 saturated heterocycles. The van der Waals surface area contributed by atoms with E-state index in [9.17, 15) is 4.79 Å². The predicted octanol–water partition coefficient (Wildman–Crippen LogP) is -0.430. The molecule has 4 N–H and O–H groups in total. The van der Waals surface area contributed by atoms with Crippen LogP contribution in [0.15, 0.2) is 0 Å². The van der Waals surface area contributed by atoms with E-state index in [1.807, 2.05) is 4.90 Å². The third-order valence-electron chi connectivity index (χ3n) is 2.51. The van der Waals surface area contributed by atoms with Crippen molar-refractivity contribution in [2.45, 2.75) is 25.4 Å². The second kappa shape index (κ2) is 4.11. The first-order chi connectivity index (χ1) is 7.16. The first-order valence-corrected chi connectivity index (χ1v) is 5.59. The summed E-state index contributed by atoms with van der Waals surface area (Å²) in [6, 6.07) is -0.157. The lowest BCUT2D eigenvalue weighted by atomic mass is 10.2. The minimum absolute atomic E-state index is 0.157. The van der Waals surface area contributed by atoms with Crippen LogP contribution in [-0.2, 0) is 11.3 Å². The number of nitrogen functional groups attached to an aromatic ring is 1. The Morgan fingerprint density at radius 2 is 2.40 bits per heavy atom. The Balaban J connectivity index is 2.02. The summed E-state index contributed by atoms with van der Waals surface area (Å²) in [5.74, 6) is -0.259. The maximum absolute atomic E-state index is 11.1. The Morgan fingerprint density at radius 3 is 3.00 bits per heavy atom. The quantitative estimate of drug-likeness (QED) is 0.730. The number of carbonyl (C=O) groups is 1. The van der Waals surface area contributed by atoms with Gasteiger partial charge in [0, 0.05) is 0 Å². The molecule has 15 heavy (non-hydrogen) atoms. The number of aromatic nitrogens is 2. The topological polar surface area (TPSA) is 98.1 Å². The standard InChI is InChI=1S/C8H13N5OS/c9-7(14)5-2-1-3-13(5)4-6-11-12-8(10)15-6/h5H,1-4H2,(H2,9,14)(H2,10,12). The third kappa shape index (κ3) is 2.24. The van der Waals surface area contributed by atoms with Crippen LogP contribution in [-0.4, -0.2) is 33.6 Å². The van der Waals surface area contributed by atoms with E-state index in [4.69, 9.17) is 11.5 Å². The van der Waals surface area contributed by atoms with Crippen molar-refractivity contribution in [2.75, 3.05) is 12.3 Å². The molecule has 6 nitrogen and oxygen atoms in total. The highest BCUT2D eigenvalue weighted by atomic mass is 32.1. The van der Waals surface area contributed by atoms with Gasteiger partial charge in [0.25, 0.3) is 0 Å². The highest BCUT2D eigenvalue weighted by molar-refractivity contribution is 7.15. The van der Waals surface area contributed by atoms with Crippen LogP contribution in [0.1, 0.15) is 17.8 Å². The number of hydrogen-bond acceptors (Lipinski definition) is 6. The zero-order valence-corrected chi connectivity index (χ0v) is 9.04. The van der Waals surface area contributed by atoms with Crippen LogP contribution in [0.3, 0.4) is 0 Å². The van der Waals surface area contributed by atoms with Crippen molar-refractivity contribution in [3.8, 4) is 0 Å². The fraction of sp³-hybridized carbons (Fsp3) is 0.625. The average molecular weight is 227 g/mol. The van der Waals surface area contributed by atoms with Gasteiger partial charge in [0.05, 0.1) is 12.6 Å². The summed E-state index contributed by atoms with van der Waals surface area (Å²) in [7, 11) is 0. The molecule has 0 spiro atoms. The molecule has 82 valence electrons. The molecule has 1 aliphatic heterocycles. The minimum Gasteiger partial charge on any atom is -0.374 e. The van der Waals surface area contributed by atoms with Crippen LogP contribution in [0.25, 0.3) is 0 Å². The van der Waals surface area contributed by atoms with E-state index < -0.39 is 0 Å². The van der Waals surface area contributed by atoms with Gasteiger partial charge in [0.2, 0.25) is 11.0 Å². The number of nitrogens with zero attached hydrogens (tertiary/aromatic N) is 3. The van der Waals surface area contributed by atoms with E-state index in [1.165, 1.54) is 11.3 Å². The van der Waals surface area contributed by atoms with E-state index >= 15 is 0 Å². The second-order valence-electron chi connectivity index (χ2n) is 3.56. The van der Waals surface area contributed by atoms with Gasteiger partial charge in [-0.2, -0.15) is 0 Å². The van der Waals surface area contributed by atoms with Gasteiger partial charge in [-0.1, -0.05) is 11.3 Å². The Bertz CT molecular complexity index is 366. The maximum atomic E-state index is 11.1. The molecule has 0 aromatic carbocycles. The highest BCUT2D eigenvalue weighted by Gasteiger charge is 2.29. The van der Waals surface area contributed by atoms with Gasteiger partial charge in [-0.25, -0.2) is 0 Å². The molecule has 1 fully saturated rings. The number of carbonyl (C=O) groups excluding carboxylic acids is 1. The van der Waals surface area contributed by atoms with Crippen LogP contribution in [0.2, 0.25) is 0 Å². The van der Waals surface area contributed by atoms with Crippen molar-refractivity contribution in [1.29, 1.82) is 0 Å². The minimum atomic E-state index is -0.259. The highest BCUT2D eigenvalue weighted by Crippen LogP contribution is 2.21. The Morgan fingerprint density at radius 1 is 1.60 bits per heavy atom. The van der Waals surface area contributed by atoms with Crippen LogP contribution >= 0.6 is 11.3 Å². The van der Waals surface area contributed by atoms with Crippen molar-refractivity contribution in [3.05, 3.63) is 5.01 Å². The molecule has 2 heterocycles. The number of nitrogens with two attached hydrogens (primary N) is 2.